The molecule has 0 atom stereocenters. The van der Waals surface area contributed by atoms with Crippen LogP contribution in [0.5, 0.6) is 0 Å². The van der Waals surface area contributed by atoms with E-state index in [4.69, 9.17) is 5.11 Å². The van der Waals surface area contributed by atoms with Crippen molar-refractivity contribution in [2.24, 2.45) is 5.92 Å². The van der Waals surface area contributed by atoms with Gasteiger partial charge in [-0.1, -0.05) is 24.7 Å². The third kappa shape index (κ3) is 4.85. The Balaban J connectivity index is 2.05. The predicted molar refractivity (Wildman–Crippen MR) is 82.3 cm³/mol. The summed E-state index contributed by atoms with van der Waals surface area (Å²) in [5.41, 5.74) is 1.62. The van der Waals surface area contributed by atoms with Crippen LogP contribution < -0.4 is 4.72 Å². The van der Waals surface area contributed by atoms with Gasteiger partial charge in [0.25, 0.3) is 0 Å². The van der Waals surface area contributed by atoms with Crippen LogP contribution in [0.2, 0.25) is 0 Å². The zero-order valence-electron chi connectivity index (χ0n) is 12.2. The van der Waals surface area contributed by atoms with Gasteiger partial charge in [-0.3, -0.25) is 0 Å². The quantitative estimate of drug-likeness (QED) is 0.788. The second-order valence-corrected chi connectivity index (χ2v) is 7.15. The fraction of sp³-hybridized carbons (Fsp3) is 0.500. The summed E-state index contributed by atoms with van der Waals surface area (Å²) >= 11 is 0. The molecule has 0 radical (unpaired) electrons. The Morgan fingerprint density at radius 1 is 1.38 bits per heavy atom. The number of benzene rings is 1. The fourth-order valence-corrected chi connectivity index (χ4v) is 3.18. The normalized spacial score (nSPS) is 14.6. The molecule has 1 aromatic rings. The Morgan fingerprint density at radius 3 is 2.76 bits per heavy atom. The molecule has 0 heterocycles. The summed E-state index contributed by atoms with van der Waals surface area (Å²) in [4.78, 5) is 0.281. The van der Waals surface area contributed by atoms with Crippen LogP contribution in [0.25, 0.3) is 0 Å². The molecule has 1 saturated carbocycles. The molecule has 5 heteroatoms. The minimum absolute atomic E-state index is 0.0312. The highest BCUT2D eigenvalue weighted by Crippen LogP contribution is 2.31. The number of rotatable bonds is 6. The SMILES string of the molecule is Cc1cc(S(=O)(=O)NCCC2CC2)ccc1C#CCCO. The summed E-state index contributed by atoms with van der Waals surface area (Å²) in [6.45, 7) is 2.37. The molecule has 1 aliphatic rings. The van der Waals surface area contributed by atoms with Crippen LogP contribution in [0, 0.1) is 24.7 Å². The monoisotopic (exact) mass is 307 g/mol. The van der Waals surface area contributed by atoms with Gasteiger partial charge >= 0.3 is 0 Å². The van der Waals surface area contributed by atoms with E-state index in [1.165, 1.54) is 12.8 Å². The van der Waals surface area contributed by atoms with Crippen molar-refractivity contribution >= 4 is 10.0 Å². The second kappa shape index (κ2) is 7.08. The van der Waals surface area contributed by atoms with Crippen molar-refractivity contribution in [3.8, 4) is 11.8 Å². The molecular formula is C16H21NO3S. The van der Waals surface area contributed by atoms with Crippen molar-refractivity contribution in [1.29, 1.82) is 0 Å². The van der Waals surface area contributed by atoms with Gasteiger partial charge in [0.2, 0.25) is 10.0 Å². The van der Waals surface area contributed by atoms with Crippen molar-refractivity contribution < 1.29 is 13.5 Å². The first-order valence-electron chi connectivity index (χ1n) is 7.23. The van der Waals surface area contributed by atoms with E-state index in [1.54, 1.807) is 18.2 Å². The van der Waals surface area contributed by atoms with Crippen LogP contribution in [0.4, 0.5) is 0 Å². The van der Waals surface area contributed by atoms with E-state index in [0.717, 1.165) is 17.5 Å². The zero-order chi connectivity index (χ0) is 15.3. The van der Waals surface area contributed by atoms with Crippen molar-refractivity contribution in [1.82, 2.24) is 4.72 Å². The van der Waals surface area contributed by atoms with E-state index in [9.17, 15) is 8.42 Å². The van der Waals surface area contributed by atoms with Crippen molar-refractivity contribution in [2.75, 3.05) is 13.2 Å². The lowest BCUT2D eigenvalue weighted by atomic mass is 10.1. The van der Waals surface area contributed by atoms with E-state index in [2.05, 4.69) is 16.6 Å². The predicted octanol–water partition coefficient (Wildman–Crippen LogP) is 1.81. The molecule has 21 heavy (non-hydrogen) atoms. The summed E-state index contributed by atoms with van der Waals surface area (Å²) in [6, 6.07) is 4.94. The lowest BCUT2D eigenvalue weighted by Gasteiger charge is -2.08. The highest BCUT2D eigenvalue weighted by molar-refractivity contribution is 7.89. The molecule has 0 aliphatic heterocycles. The highest BCUT2D eigenvalue weighted by Gasteiger charge is 2.22. The van der Waals surface area contributed by atoms with Gasteiger partial charge in [0.1, 0.15) is 0 Å². The number of hydrogen-bond acceptors (Lipinski definition) is 3. The number of aliphatic hydroxyl groups excluding tert-OH is 1. The fourth-order valence-electron chi connectivity index (χ4n) is 2.04. The first kappa shape index (κ1) is 16.0. The van der Waals surface area contributed by atoms with Gasteiger partial charge in [-0.15, -0.1) is 0 Å². The van der Waals surface area contributed by atoms with Gasteiger partial charge in [-0.25, -0.2) is 13.1 Å². The molecule has 0 spiro atoms. The smallest absolute Gasteiger partial charge is 0.240 e. The molecule has 0 saturated heterocycles. The third-order valence-electron chi connectivity index (χ3n) is 3.51. The Hall–Kier alpha value is -1.35. The summed E-state index contributed by atoms with van der Waals surface area (Å²) < 4.78 is 27.0. The average Bonchev–Trinajstić information content (AvgIpc) is 3.24. The zero-order valence-corrected chi connectivity index (χ0v) is 13.0. The number of aryl methyl sites for hydroxylation is 1. The molecule has 1 fully saturated rings. The summed E-state index contributed by atoms with van der Waals surface area (Å²) in [7, 11) is -3.43. The van der Waals surface area contributed by atoms with Crippen LogP contribution >= 0.6 is 0 Å². The lowest BCUT2D eigenvalue weighted by molar-refractivity contribution is 0.305. The Bertz CT molecular complexity index is 652. The minimum atomic E-state index is -3.43. The van der Waals surface area contributed by atoms with Crippen LogP contribution in [-0.4, -0.2) is 26.7 Å². The summed E-state index contributed by atoms with van der Waals surface area (Å²) in [5.74, 6) is 6.48. The van der Waals surface area contributed by atoms with E-state index in [-0.39, 0.29) is 11.5 Å². The third-order valence-corrected chi connectivity index (χ3v) is 4.97. The van der Waals surface area contributed by atoms with Crippen molar-refractivity contribution in [3.05, 3.63) is 29.3 Å². The van der Waals surface area contributed by atoms with Crippen LogP contribution in [0.1, 0.15) is 36.8 Å². The van der Waals surface area contributed by atoms with Gasteiger partial charge in [0.15, 0.2) is 0 Å². The number of sulfonamides is 1. The van der Waals surface area contributed by atoms with E-state index >= 15 is 0 Å². The summed E-state index contributed by atoms with van der Waals surface area (Å²) in [5, 5.41) is 8.70. The van der Waals surface area contributed by atoms with E-state index < -0.39 is 10.0 Å². The average molecular weight is 307 g/mol. The van der Waals surface area contributed by atoms with Gasteiger partial charge in [0, 0.05) is 18.5 Å². The highest BCUT2D eigenvalue weighted by atomic mass is 32.2. The van der Waals surface area contributed by atoms with E-state index in [1.807, 2.05) is 6.92 Å². The molecule has 4 nitrogen and oxygen atoms in total. The number of nitrogens with one attached hydrogen (secondary N) is 1. The Kier molecular flexibility index (Phi) is 5.40. The van der Waals surface area contributed by atoms with Crippen molar-refractivity contribution in [3.63, 3.8) is 0 Å². The van der Waals surface area contributed by atoms with Crippen LogP contribution in [0.15, 0.2) is 23.1 Å². The van der Waals surface area contributed by atoms with Gasteiger partial charge in [0.05, 0.1) is 11.5 Å². The minimum Gasteiger partial charge on any atom is -0.395 e. The Morgan fingerprint density at radius 2 is 2.14 bits per heavy atom. The number of hydrogen-bond donors (Lipinski definition) is 2. The van der Waals surface area contributed by atoms with Crippen LogP contribution in [0.3, 0.4) is 0 Å². The summed E-state index contributed by atoms with van der Waals surface area (Å²) in [6.07, 6.45) is 3.79. The second-order valence-electron chi connectivity index (χ2n) is 5.38. The Labute approximate surface area is 126 Å². The molecule has 114 valence electrons. The first-order valence-corrected chi connectivity index (χ1v) is 8.71. The largest absolute Gasteiger partial charge is 0.395 e. The van der Waals surface area contributed by atoms with Crippen LogP contribution in [-0.2, 0) is 10.0 Å². The molecule has 0 bridgehead atoms. The molecule has 0 aromatic heterocycles. The molecule has 2 rings (SSSR count). The number of aliphatic hydroxyl groups is 1. The maximum Gasteiger partial charge on any atom is 0.240 e. The standard InChI is InChI=1S/C16H21NO3S/c1-13-12-16(8-7-15(13)4-2-3-11-18)21(19,20)17-10-9-14-5-6-14/h7-8,12,14,17-18H,3,5-6,9-11H2,1H3. The topological polar surface area (TPSA) is 66.4 Å². The lowest BCUT2D eigenvalue weighted by Crippen LogP contribution is -2.25. The molecule has 0 amide bonds. The van der Waals surface area contributed by atoms with Gasteiger partial charge < -0.3 is 5.11 Å². The molecule has 2 N–H and O–H groups in total. The first-order chi connectivity index (χ1) is 10.0. The maximum absolute atomic E-state index is 12.2. The maximum atomic E-state index is 12.2. The molecular weight excluding hydrogens is 286 g/mol. The van der Waals surface area contributed by atoms with E-state index in [0.29, 0.717) is 18.9 Å². The van der Waals surface area contributed by atoms with Gasteiger partial charge in [-0.05, 0) is 43.0 Å². The molecule has 1 aromatic carbocycles. The van der Waals surface area contributed by atoms with Gasteiger partial charge in [-0.2, -0.15) is 0 Å². The molecule has 0 unspecified atom stereocenters. The van der Waals surface area contributed by atoms with Crippen molar-refractivity contribution in [2.45, 2.75) is 37.5 Å². The molecule has 1 aliphatic carbocycles.